The van der Waals surface area contributed by atoms with Crippen LogP contribution in [0.25, 0.3) is 0 Å². The van der Waals surface area contributed by atoms with Crippen molar-refractivity contribution in [2.24, 2.45) is 5.10 Å². The minimum absolute atomic E-state index is 0.0270. The number of benzene rings is 1. The first-order valence-electron chi connectivity index (χ1n) is 8.16. The van der Waals surface area contributed by atoms with Crippen LogP contribution in [-0.4, -0.2) is 42.7 Å². The zero-order chi connectivity index (χ0) is 20.2. The summed E-state index contributed by atoms with van der Waals surface area (Å²) in [4.78, 5) is 35.7. The van der Waals surface area contributed by atoms with Gasteiger partial charge in [0, 0.05) is 12.8 Å². The Labute approximate surface area is 153 Å². The molecule has 0 saturated heterocycles. The summed E-state index contributed by atoms with van der Waals surface area (Å²) in [6.07, 6.45) is -4.39. The van der Waals surface area contributed by atoms with Crippen LogP contribution in [0.4, 0.5) is 18.9 Å². The van der Waals surface area contributed by atoms with Gasteiger partial charge in [-0.1, -0.05) is 12.1 Å². The first kappa shape index (κ1) is 20.4. The molecular formula is C17H19F3N4O3. The molecule has 10 heteroatoms. The van der Waals surface area contributed by atoms with E-state index in [-0.39, 0.29) is 24.5 Å². The summed E-state index contributed by atoms with van der Waals surface area (Å²) in [5, 5.41) is 9.09. The molecule has 0 aromatic heterocycles. The molecule has 0 spiro atoms. The number of amides is 3. The zero-order valence-electron chi connectivity index (χ0n) is 14.8. The van der Waals surface area contributed by atoms with Crippen molar-refractivity contribution in [2.45, 2.75) is 32.9 Å². The molecule has 1 aromatic carbocycles. The Hall–Kier alpha value is -2.91. The highest BCUT2D eigenvalue weighted by Gasteiger charge is 2.29. The molecular weight excluding hydrogens is 365 g/mol. The maximum absolute atomic E-state index is 12.2. The van der Waals surface area contributed by atoms with E-state index in [1.54, 1.807) is 18.3 Å². The number of rotatable bonds is 5. The van der Waals surface area contributed by atoms with Gasteiger partial charge in [-0.25, -0.2) is 5.01 Å². The van der Waals surface area contributed by atoms with Gasteiger partial charge in [-0.2, -0.15) is 18.3 Å². The van der Waals surface area contributed by atoms with Gasteiger partial charge in [0.2, 0.25) is 11.8 Å². The average molecular weight is 384 g/mol. The Morgan fingerprint density at radius 3 is 2.56 bits per heavy atom. The highest BCUT2D eigenvalue weighted by atomic mass is 19.4. The van der Waals surface area contributed by atoms with Crippen molar-refractivity contribution in [2.75, 3.05) is 18.1 Å². The lowest BCUT2D eigenvalue weighted by atomic mass is 10.1. The van der Waals surface area contributed by atoms with Crippen LogP contribution in [0.5, 0.6) is 0 Å². The molecule has 0 aliphatic carbocycles. The molecule has 0 fully saturated rings. The maximum Gasteiger partial charge on any atom is 0.405 e. The second kappa shape index (κ2) is 8.19. The fourth-order valence-electron chi connectivity index (χ4n) is 2.38. The molecule has 1 aromatic rings. The van der Waals surface area contributed by atoms with Crippen LogP contribution < -0.4 is 15.6 Å². The predicted molar refractivity (Wildman–Crippen MR) is 92.1 cm³/mol. The monoisotopic (exact) mass is 384 g/mol. The van der Waals surface area contributed by atoms with Gasteiger partial charge in [0.15, 0.2) is 0 Å². The van der Waals surface area contributed by atoms with Crippen LogP contribution >= 0.6 is 0 Å². The zero-order valence-corrected chi connectivity index (χ0v) is 14.8. The average Bonchev–Trinajstić information content (AvgIpc) is 2.60. The van der Waals surface area contributed by atoms with Gasteiger partial charge in [0.05, 0.1) is 12.2 Å². The van der Waals surface area contributed by atoms with Gasteiger partial charge >= 0.3 is 6.18 Å². The third kappa shape index (κ3) is 5.80. The molecule has 1 aliphatic heterocycles. The first-order chi connectivity index (χ1) is 12.6. The fourth-order valence-corrected chi connectivity index (χ4v) is 2.38. The minimum Gasteiger partial charge on any atom is -0.345 e. The van der Waals surface area contributed by atoms with Crippen LogP contribution in [0, 0.1) is 13.8 Å². The Kier molecular flexibility index (Phi) is 6.19. The number of nitrogens with one attached hydrogen (secondary N) is 2. The molecule has 0 unspecified atom stereocenters. The van der Waals surface area contributed by atoms with Crippen molar-refractivity contribution in [1.82, 2.24) is 10.6 Å². The van der Waals surface area contributed by atoms with E-state index in [9.17, 15) is 27.6 Å². The van der Waals surface area contributed by atoms with Crippen LogP contribution in [0.2, 0.25) is 0 Å². The van der Waals surface area contributed by atoms with Crippen molar-refractivity contribution in [3.63, 3.8) is 0 Å². The Balaban J connectivity index is 2.04. The topological polar surface area (TPSA) is 90.9 Å². The number of halogens is 3. The summed E-state index contributed by atoms with van der Waals surface area (Å²) in [5.41, 5.74) is 2.29. The number of alkyl halides is 3. The van der Waals surface area contributed by atoms with Crippen molar-refractivity contribution in [3.05, 3.63) is 29.3 Å². The van der Waals surface area contributed by atoms with Crippen LogP contribution in [0.15, 0.2) is 23.3 Å². The lowest BCUT2D eigenvalue weighted by Gasteiger charge is -2.24. The first-order valence-corrected chi connectivity index (χ1v) is 8.16. The molecule has 1 aliphatic rings. The molecule has 3 amide bonds. The highest BCUT2D eigenvalue weighted by molar-refractivity contribution is 6.40. The molecule has 146 valence electrons. The second-order valence-corrected chi connectivity index (χ2v) is 6.12. The normalized spacial score (nSPS) is 14.6. The van der Waals surface area contributed by atoms with Crippen molar-refractivity contribution in [1.29, 1.82) is 0 Å². The van der Waals surface area contributed by atoms with Gasteiger partial charge in [-0.3, -0.25) is 14.4 Å². The number of nitrogens with zero attached hydrogens (tertiary/aromatic N) is 2. The van der Waals surface area contributed by atoms with E-state index >= 15 is 0 Å². The number of carbonyl (C=O) groups is 3. The minimum atomic E-state index is -4.53. The van der Waals surface area contributed by atoms with Crippen LogP contribution in [0.1, 0.15) is 24.0 Å². The third-order valence-corrected chi connectivity index (χ3v) is 3.78. The smallest absolute Gasteiger partial charge is 0.345 e. The molecule has 27 heavy (non-hydrogen) atoms. The van der Waals surface area contributed by atoms with Gasteiger partial charge in [-0.05, 0) is 31.0 Å². The third-order valence-electron chi connectivity index (χ3n) is 3.78. The summed E-state index contributed by atoms with van der Waals surface area (Å²) < 4.78 is 36.1. The van der Waals surface area contributed by atoms with E-state index in [1.165, 1.54) is 0 Å². The predicted octanol–water partition coefficient (Wildman–Crippen LogP) is 1.58. The summed E-state index contributed by atoms with van der Waals surface area (Å²) in [6, 6.07) is 5.47. The maximum atomic E-state index is 12.2. The number of carbonyl (C=O) groups excluding carboxylic acids is 3. The van der Waals surface area contributed by atoms with Crippen molar-refractivity contribution < 1.29 is 27.6 Å². The molecule has 7 nitrogen and oxygen atoms in total. The summed E-state index contributed by atoms with van der Waals surface area (Å²) >= 11 is 0. The van der Waals surface area contributed by atoms with Crippen molar-refractivity contribution >= 4 is 29.1 Å². The highest BCUT2D eigenvalue weighted by Crippen LogP contribution is 2.25. The molecule has 2 rings (SSSR count). The van der Waals surface area contributed by atoms with E-state index in [1.807, 2.05) is 19.1 Å². The molecule has 0 atom stereocenters. The molecule has 2 N–H and O–H groups in total. The number of hydrazone groups is 1. The lowest BCUT2D eigenvalue weighted by Crippen LogP contribution is -2.44. The standard InChI is InChI=1S/C17H19F3N4O3/c1-10-3-4-11(2)13(7-10)24-15(26)6-5-12(23-24)16(27)21-8-14(25)22-9-17(18,19)20/h3-4,7H,5-6,8-9H2,1-2H3,(H,21,27)(H,22,25). The summed E-state index contributed by atoms with van der Waals surface area (Å²) in [6.45, 7) is 1.56. The fraction of sp³-hybridized carbons (Fsp3) is 0.412. The molecule has 0 bridgehead atoms. The lowest BCUT2D eigenvalue weighted by molar-refractivity contribution is -0.138. The van der Waals surface area contributed by atoms with E-state index in [0.717, 1.165) is 16.1 Å². The second-order valence-electron chi connectivity index (χ2n) is 6.12. The quantitative estimate of drug-likeness (QED) is 0.808. The Morgan fingerprint density at radius 1 is 1.19 bits per heavy atom. The van der Waals surface area contributed by atoms with Crippen LogP contribution in [0.3, 0.4) is 0 Å². The number of anilines is 1. The van der Waals surface area contributed by atoms with Gasteiger partial charge < -0.3 is 10.6 Å². The summed E-state index contributed by atoms with van der Waals surface area (Å²) in [7, 11) is 0. The van der Waals surface area contributed by atoms with E-state index in [0.29, 0.717) is 5.69 Å². The summed E-state index contributed by atoms with van der Waals surface area (Å²) in [5.74, 6) is -1.96. The van der Waals surface area contributed by atoms with Crippen LogP contribution in [-0.2, 0) is 14.4 Å². The van der Waals surface area contributed by atoms with Crippen molar-refractivity contribution in [3.8, 4) is 0 Å². The van der Waals surface area contributed by atoms with E-state index in [4.69, 9.17) is 0 Å². The number of hydrogen-bond acceptors (Lipinski definition) is 4. The van der Waals surface area contributed by atoms with E-state index in [2.05, 4.69) is 10.4 Å². The largest absolute Gasteiger partial charge is 0.405 e. The molecule has 1 heterocycles. The number of hydrogen-bond donors (Lipinski definition) is 2. The Morgan fingerprint density at radius 2 is 1.89 bits per heavy atom. The van der Waals surface area contributed by atoms with Gasteiger partial charge in [-0.15, -0.1) is 0 Å². The molecule has 0 radical (unpaired) electrons. The van der Waals surface area contributed by atoms with E-state index < -0.39 is 31.1 Å². The van der Waals surface area contributed by atoms with Gasteiger partial charge in [0.1, 0.15) is 12.3 Å². The number of aryl methyl sites for hydroxylation is 2. The van der Waals surface area contributed by atoms with Gasteiger partial charge in [0.25, 0.3) is 5.91 Å². The SMILES string of the molecule is Cc1ccc(C)c(N2N=C(C(=O)NCC(=O)NCC(F)(F)F)CCC2=O)c1. The Bertz CT molecular complexity index is 790. The molecule has 0 saturated carbocycles.